The molecule has 0 aliphatic rings. The molecule has 0 spiro atoms. The van der Waals surface area contributed by atoms with Crippen molar-refractivity contribution >= 4 is 0 Å². The monoisotopic (exact) mass is 320 g/mol. The van der Waals surface area contributed by atoms with E-state index in [1.165, 1.54) is 0 Å². The molecule has 3 N–H and O–H groups in total. The van der Waals surface area contributed by atoms with E-state index in [0.717, 1.165) is 24.8 Å². The van der Waals surface area contributed by atoms with E-state index in [0.29, 0.717) is 6.42 Å². The Morgan fingerprint density at radius 3 is 2.22 bits per heavy atom. The summed E-state index contributed by atoms with van der Waals surface area (Å²) >= 11 is 0. The Bertz CT molecular complexity index is 453. The van der Waals surface area contributed by atoms with E-state index < -0.39 is 18.3 Å². The highest BCUT2D eigenvalue weighted by Crippen LogP contribution is 2.35. The maximum Gasteiger partial charge on any atom is 0.157 e. The van der Waals surface area contributed by atoms with Crippen LogP contribution in [0.4, 0.5) is 0 Å². The van der Waals surface area contributed by atoms with Gasteiger partial charge in [0, 0.05) is 5.92 Å². The first-order valence-corrected chi connectivity index (χ1v) is 8.52. The molecule has 0 saturated heterocycles. The first-order chi connectivity index (χ1) is 10.8. The molecule has 0 aliphatic carbocycles. The number of rotatable bonds is 10. The van der Waals surface area contributed by atoms with Crippen LogP contribution in [0.5, 0.6) is 0 Å². The molecule has 1 aromatic rings. The summed E-state index contributed by atoms with van der Waals surface area (Å²) < 4.78 is 0. The Labute approximate surface area is 140 Å². The van der Waals surface area contributed by atoms with Crippen LogP contribution in [-0.4, -0.2) is 27.7 Å². The maximum atomic E-state index is 10.6. The van der Waals surface area contributed by atoms with Gasteiger partial charge >= 0.3 is 0 Å². The zero-order chi connectivity index (χ0) is 17.5. The van der Waals surface area contributed by atoms with Gasteiger partial charge in [0.2, 0.25) is 0 Å². The van der Waals surface area contributed by atoms with Crippen LogP contribution in [0.3, 0.4) is 0 Å². The van der Waals surface area contributed by atoms with E-state index in [-0.39, 0.29) is 11.3 Å². The molecule has 3 heteroatoms. The summed E-state index contributed by atoms with van der Waals surface area (Å²) in [5.41, 5.74) is 1.06. The van der Waals surface area contributed by atoms with Crippen molar-refractivity contribution in [3.63, 3.8) is 0 Å². The van der Waals surface area contributed by atoms with Gasteiger partial charge in [0.15, 0.2) is 6.29 Å². The van der Waals surface area contributed by atoms with Gasteiger partial charge in [-0.3, -0.25) is 0 Å². The third-order valence-corrected chi connectivity index (χ3v) is 4.77. The molecule has 130 valence electrons. The number of hydrogen-bond acceptors (Lipinski definition) is 3. The second kappa shape index (κ2) is 9.21. The van der Waals surface area contributed by atoms with Gasteiger partial charge in [0.1, 0.15) is 0 Å². The summed E-state index contributed by atoms with van der Waals surface area (Å²) in [7, 11) is 0. The number of benzene rings is 1. The van der Waals surface area contributed by atoms with Crippen molar-refractivity contribution in [2.24, 2.45) is 17.3 Å². The normalized spacial score (nSPS) is 16.1. The van der Waals surface area contributed by atoms with Gasteiger partial charge in [-0.1, -0.05) is 63.6 Å². The number of aliphatic hydroxyl groups excluding tert-OH is 2. The molecule has 3 nitrogen and oxygen atoms in total. The molecule has 1 aromatic carbocycles. The highest BCUT2D eigenvalue weighted by Gasteiger charge is 2.35. The molecular formula is C20H32O3. The van der Waals surface area contributed by atoms with E-state index >= 15 is 0 Å². The quantitative estimate of drug-likeness (QED) is 0.456. The largest absolute Gasteiger partial charge is 0.393 e. The first-order valence-electron chi connectivity index (χ1n) is 8.52. The van der Waals surface area contributed by atoms with Crippen LogP contribution in [-0.2, 0) is 6.42 Å². The van der Waals surface area contributed by atoms with Crippen LogP contribution < -0.4 is 0 Å². The Morgan fingerprint density at radius 2 is 1.74 bits per heavy atom. The topological polar surface area (TPSA) is 60.7 Å². The SMILES string of the molecule is C=CC(C)(C)CC(CC)C(C(O)O)C(O)CCc1ccccc1. The summed E-state index contributed by atoms with van der Waals surface area (Å²) in [4.78, 5) is 0. The lowest BCUT2D eigenvalue weighted by atomic mass is 9.73. The molecule has 0 amide bonds. The molecule has 0 fully saturated rings. The number of aryl methyl sites for hydroxylation is 1. The molecule has 0 heterocycles. The fourth-order valence-electron chi connectivity index (χ4n) is 3.22. The number of allylic oxidation sites excluding steroid dienone is 1. The molecule has 0 aromatic heterocycles. The lowest BCUT2D eigenvalue weighted by Crippen LogP contribution is -2.39. The lowest BCUT2D eigenvalue weighted by molar-refractivity contribution is -0.141. The van der Waals surface area contributed by atoms with Gasteiger partial charge in [-0.25, -0.2) is 0 Å². The van der Waals surface area contributed by atoms with Crippen LogP contribution in [0.25, 0.3) is 0 Å². The smallest absolute Gasteiger partial charge is 0.157 e. The summed E-state index contributed by atoms with van der Waals surface area (Å²) in [5, 5.41) is 30.2. The molecule has 1 rings (SSSR count). The van der Waals surface area contributed by atoms with Crippen molar-refractivity contribution in [2.75, 3.05) is 0 Å². The Kier molecular flexibility index (Phi) is 7.97. The Morgan fingerprint density at radius 1 is 1.13 bits per heavy atom. The molecule has 0 saturated carbocycles. The van der Waals surface area contributed by atoms with Crippen LogP contribution in [0, 0.1) is 17.3 Å². The van der Waals surface area contributed by atoms with Gasteiger partial charge in [0.05, 0.1) is 6.10 Å². The molecule has 3 atom stereocenters. The highest BCUT2D eigenvalue weighted by atomic mass is 16.5. The van der Waals surface area contributed by atoms with Crippen molar-refractivity contribution in [3.8, 4) is 0 Å². The summed E-state index contributed by atoms with van der Waals surface area (Å²) in [6, 6.07) is 9.96. The standard InChI is InChI=1S/C20H32O3/c1-5-16(14-20(3,4)6-2)18(19(22)23)17(21)13-12-15-10-8-7-9-11-15/h6-11,16-19,21-23H,2,5,12-14H2,1,3-4H3. The Hall–Kier alpha value is -1.16. The molecule has 23 heavy (non-hydrogen) atoms. The van der Waals surface area contributed by atoms with Crippen molar-refractivity contribution in [1.29, 1.82) is 0 Å². The minimum Gasteiger partial charge on any atom is -0.393 e. The van der Waals surface area contributed by atoms with Gasteiger partial charge in [-0.05, 0) is 36.2 Å². The maximum absolute atomic E-state index is 10.6. The van der Waals surface area contributed by atoms with Gasteiger partial charge in [0.25, 0.3) is 0 Å². The fourth-order valence-corrected chi connectivity index (χ4v) is 3.22. The van der Waals surface area contributed by atoms with E-state index in [1.54, 1.807) is 0 Å². The average molecular weight is 320 g/mol. The molecule has 3 unspecified atom stereocenters. The van der Waals surface area contributed by atoms with Crippen LogP contribution in [0.15, 0.2) is 43.0 Å². The van der Waals surface area contributed by atoms with Crippen LogP contribution >= 0.6 is 0 Å². The molecule has 0 radical (unpaired) electrons. The highest BCUT2D eigenvalue weighted by molar-refractivity contribution is 5.14. The number of hydrogen-bond donors (Lipinski definition) is 3. The number of aliphatic hydroxyl groups is 3. The zero-order valence-electron chi connectivity index (χ0n) is 14.7. The van der Waals surface area contributed by atoms with Gasteiger partial charge in [-0.2, -0.15) is 0 Å². The predicted octanol–water partition coefficient (Wildman–Crippen LogP) is 3.54. The van der Waals surface area contributed by atoms with E-state index in [2.05, 4.69) is 20.4 Å². The van der Waals surface area contributed by atoms with Crippen molar-refractivity contribution in [2.45, 2.75) is 58.8 Å². The second-order valence-corrected chi connectivity index (χ2v) is 7.15. The lowest BCUT2D eigenvalue weighted by Gasteiger charge is -2.35. The molecule has 0 bridgehead atoms. The minimum absolute atomic E-state index is 0.0359. The average Bonchev–Trinajstić information content (AvgIpc) is 2.52. The molecular weight excluding hydrogens is 288 g/mol. The second-order valence-electron chi connectivity index (χ2n) is 7.15. The van der Waals surface area contributed by atoms with Crippen molar-refractivity contribution in [3.05, 3.63) is 48.6 Å². The van der Waals surface area contributed by atoms with Crippen molar-refractivity contribution < 1.29 is 15.3 Å². The van der Waals surface area contributed by atoms with E-state index in [1.807, 2.05) is 43.3 Å². The van der Waals surface area contributed by atoms with Crippen molar-refractivity contribution in [1.82, 2.24) is 0 Å². The fraction of sp³-hybridized carbons (Fsp3) is 0.600. The minimum atomic E-state index is -1.51. The third kappa shape index (κ3) is 6.46. The van der Waals surface area contributed by atoms with E-state index in [9.17, 15) is 15.3 Å². The first kappa shape index (κ1) is 19.9. The van der Waals surface area contributed by atoms with Crippen LogP contribution in [0.2, 0.25) is 0 Å². The predicted molar refractivity (Wildman–Crippen MR) is 94.9 cm³/mol. The summed E-state index contributed by atoms with van der Waals surface area (Å²) in [6.07, 6.45) is 2.48. The van der Waals surface area contributed by atoms with Crippen LogP contribution in [0.1, 0.15) is 45.6 Å². The molecule has 0 aliphatic heterocycles. The van der Waals surface area contributed by atoms with Gasteiger partial charge in [-0.15, -0.1) is 6.58 Å². The third-order valence-electron chi connectivity index (χ3n) is 4.77. The Balaban J connectivity index is 2.76. The zero-order valence-corrected chi connectivity index (χ0v) is 14.7. The summed E-state index contributed by atoms with van der Waals surface area (Å²) in [6.45, 7) is 10.1. The van der Waals surface area contributed by atoms with Gasteiger partial charge < -0.3 is 15.3 Å². The summed E-state index contributed by atoms with van der Waals surface area (Å²) in [5.74, 6) is -0.503. The van der Waals surface area contributed by atoms with E-state index in [4.69, 9.17) is 0 Å².